The molecule has 2 aromatic rings. The molecule has 1 saturated heterocycles. The van der Waals surface area contributed by atoms with Crippen LogP contribution in [-0.2, 0) is 10.3 Å². The van der Waals surface area contributed by atoms with E-state index in [4.69, 9.17) is 14.7 Å². The lowest BCUT2D eigenvalue weighted by molar-refractivity contribution is -0.0957. The predicted octanol–water partition coefficient (Wildman–Crippen LogP) is 5.44. The van der Waals surface area contributed by atoms with Gasteiger partial charge in [0.1, 0.15) is 16.4 Å². The van der Waals surface area contributed by atoms with Crippen LogP contribution < -0.4 is 10.6 Å². The van der Waals surface area contributed by atoms with E-state index in [0.29, 0.717) is 25.2 Å². The minimum absolute atomic E-state index is 0.0647. The normalized spacial score (nSPS) is 19.2. The highest BCUT2D eigenvalue weighted by Crippen LogP contribution is 2.34. The second kappa shape index (κ2) is 9.61. The first-order chi connectivity index (χ1) is 15.0. The molecule has 1 aliphatic carbocycles. The molecule has 2 aromatic heterocycles. The summed E-state index contributed by atoms with van der Waals surface area (Å²) in [4.78, 5) is 9.78. The molecule has 0 atom stereocenters. The van der Waals surface area contributed by atoms with Crippen molar-refractivity contribution in [3.63, 3.8) is 0 Å². The fraction of sp³-hybridized carbons (Fsp3) is 0.609. The summed E-state index contributed by atoms with van der Waals surface area (Å²) in [6.07, 6.45) is 15.5. The molecule has 8 heteroatoms. The Balaban J connectivity index is 1.64. The van der Waals surface area contributed by atoms with Gasteiger partial charge in [0.15, 0.2) is 0 Å². The smallest absolute Gasteiger partial charge is 0.230 e. The van der Waals surface area contributed by atoms with Crippen LogP contribution in [-0.4, -0.2) is 45.3 Å². The Morgan fingerprint density at radius 1 is 1.29 bits per heavy atom. The Labute approximate surface area is 189 Å². The van der Waals surface area contributed by atoms with E-state index in [1.807, 2.05) is 17.1 Å². The van der Waals surface area contributed by atoms with Crippen LogP contribution in [0.1, 0.15) is 64.9 Å². The Morgan fingerprint density at radius 2 is 2.06 bits per heavy atom. The SMILES string of the molecule is CC/C=C(\C)c1c(NC2CCCCC2)nc(Nc2cnn(C3(C)COC3)c2)nc1SC. The zero-order valence-electron chi connectivity index (χ0n) is 19.1. The average Bonchev–Trinajstić information content (AvgIpc) is 3.21. The lowest BCUT2D eigenvalue weighted by atomic mass is 9.95. The van der Waals surface area contributed by atoms with Crippen molar-refractivity contribution >= 4 is 34.8 Å². The Morgan fingerprint density at radius 3 is 2.71 bits per heavy atom. The molecule has 0 unspecified atom stereocenters. The van der Waals surface area contributed by atoms with Crippen LogP contribution in [0.15, 0.2) is 23.5 Å². The summed E-state index contributed by atoms with van der Waals surface area (Å²) in [5.74, 6) is 1.54. The van der Waals surface area contributed by atoms with Gasteiger partial charge in [-0.05, 0) is 44.9 Å². The van der Waals surface area contributed by atoms with Gasteiger partial charge in [0.2, 0.25) is 5.95 Å². The molecule has 7 nitrogen and oxygen atoms in total. The van der Waals surface area contributed by atoms with Gasteiger partial charge in [-0.2, -0.15) is 10.1 Å². The molecule has 168 valence electrons. The monoisotopic (exact) mass is 442 g/mol. The maximum Gasteiger partial charge on any atom is 0.230 e. The van der Waals surface area contributed by atoms with E-state index in [0.717, 1.165) is 28.5 Å². The molecule has 0 aromatic carbocycles. The summed E-state index contributed by atoms with van der Waals surface area (Å²) in [6.45, 7) is 7.85. The quantitative estimate of drug-likeness (QED) is 0.416. The summed E-state index contributed by atoms with van der Waals surface area (Å²) in [5, 5.41) is 12.6. The van der Waals surface area contributed by atoms with Crippen molar-refractivity contribution in [3.05, 3.63) is 24.0 Å². The number of nitrogens with zero attached hydrogens (tertiary/aromatic N) is 4. The third-order valence-corrected chi connectivity index (χ3v) is 6.82. The van der Waals surface area contributed by atoms with Crippen LogP contribution in [0.2, 0.25) is 0 Å². The van der Waals surface area contributed by atoms with Gasteiger partial charge < -0.3 is 15.4 Å². The second-order valence-electron chi connectivity index (χ2n) is 8.84. The molecule has 2 aliphatic rings. The molecule has 2 fully saturated rings. The fourth-order valence-corrected chi connectivity index (χ4v) is 4.93. The molecule has 0 bridgehead atoms. The number of ether oxygens (including phenoxy) is 1. The first-order valence-electron chi connectivity index (χ1n) is 11.3. The highest BCUT2D eigenvalue weighted by atomic mass is 32.2. The maximum absolute atomic E-state index is 5.37. The number of allylic oxidation sites excluding steroid dienone is 2. The standard InChI is InChI=1S/C23H34N6OS/c1-5-9-16(2)19-20(25-17-10-7-6-8-11-17)27-22(28-21(19)31-4)26-18-12-24-29(13-18)23(3)14-30-15-23/h9,12-13,17H,5-8,10-11,14-15H2,1-4H3,(H2,25,26,27,28)/b16-9+. The summed E-state index contributed by atoms with van der Waals surface area (Å²) in [6, 6.07) is 0.473. The molecule has 1 aliphatic heterocycles. The van der Waals surface area contributed by atoms with Gasteiger partial charge in [-0.25, -0.2) is 4.98 Å². The van der Waals surface area contributed by atoms with Crippen LogP contribution in [0, 0.1) is 0 Å². The van der Waals surface area contributed by atoms with E-state index in [2.05, 4.69) is 48.8 Å². The zero-order valence-corrected chi connectivity index (χ0v) is 19.9. The lowest BCUT2D eigenvalue weighted by Crippen LogP contribution is -2.49. The maximum atomic E-state index is 5.37. The van der Waals surface area contributed by atoms with Crippen molar-refractivity contribution in [3.8, 4) is 0 Å². The molecule has 1 saturated carbocycles. The zero-order chi connectivity index (χ0) is 21.8. The summed E-state index contributed by atoms with van der Waals surface area (Å²) in [5.41, 5.74) is 3.17. The molecular formula is C23H34N6OS. The van der Waals surface area contributed by atoms with E-state index in [9.17, 15) is 0 Å². The number of rotatable bonds is 8. The predicted molar refractivity (Wildman–Crippen MR) is 128 cm³/mol. The van der Waals surface area contributed by atoms with E-state index in [1.54, 1.807) is 11.8 Å². The van der Waals surface area contributed by atoms with E-state index >= 15 is 0 Å². The highest BCUT2D eigenvalue weighted by Gasteiger charge is 2.36. The highest BCUT2D eigenvalue weighted by molar-refractivity contribution is 7.98. The average molecular weight is 443 g/mol. The van der Waals surface area contributed by atoms with Gasteiger partial charge in [0.05, 0.1) is 30.7 Å². The van der Waals surface area contributed by atoms with Gasteiger partial charge in [-0.15, -0.1) is 11.8 Å². The summed E-state index contributed by atoms with van der Waals surface area (Å²) in [7, 11) is 0. The molecule has 4 rings (SSSR count). The molecule has 2 N–H and O–H groups in total. The number of hydrogen-bond donors (Lipinski definition) is 2. The molecule has 3 heterocycles. The van der Waals surface area contributed by atoms with Crippen molar-refractivity contribution in [1.29, 1.82) is 0 Å². The van der Waals surface area contributed by atoms with Gasteiger partial charge >= 0.3 is 0 Å². The van der Waals surface area contributed by atoms with Crippen molar-refractivity contribution in [1.82, 2.24) is 19.7 Å². The second-order valence-corrected chi connectivity index (χ2v) is 9.64. The van der Waals surface area contributed by atoms with Gasteiger partial charge in [-0.1, -0.05) is 32.3 Å². The third-order valence-electron chi connectivity index (χ3n) is 6.14. The minimum atomic E-state index is -0.0647. The van der Waals surface area contributed by atoms with E-state index < -0.39 is 0 Å². The summed E-state index contributed by atoms with van der Waals surface area (Å²) < 4.78 is 7.34. The molecule has 0 radical (unpaired) electrons. The largest absolute Gasteiger partial charge is 0.376 e. The van der Waals surface area contributed by atoms with E-state index in [-0.39, 0.29) is 5.54 Å². The Bertz CT molecular complexity index is 930. The van der Waals surface area contributed by atoms with Crippen molar-refractivity contribution in [2.45, 2.75) is 75.9 Å². The van der Waals surface area contributed by atoms with Crippen LogP contribution in [0.5, 0.6) is 0 Å². The van der Waals surface area contributed by atoms with Crippen LogP contribution in [0.3, 0.4) is 0 Å². The number of nitrogens with one attached hydrogen (secondary N) is 2. The topological polar surface area (TPSA) is 76.9 Å². The van der Waals surface area contributed by atoms with Crippen LogP contribution in [0.4, 0.5) is 17.5 Å². The van der Waals surface area contributed by atoms with Crippen molar-refractivity contribution in [2.24, 2.45) is 0 Å². The van der Waals surface area contributed by atoms with Crippen molar-refractivity contribution < 1.29 is 4.74 Å². The van der Waals surface area contributed by atoms with E-state index in [1.165, 1.54) is 37.7 Å². The molecule has 0 spiro atoms. The number of thioether (sulfide) groups is 1. The van der Waals surface area contributed by atoms with Crippen molar-refractivity contribution in [2.75, 3.05) is 30.1 Å². The Kier molecular flexibility index (Phi) is 6.86. The fourth-order valence-electron chi connectivity index (χ4n) is 4.29. The lowest BCUT2D eigenvalue weighted by Gasteiger charge is -2.38. The van der Waals surface area contributed by atoms with Gasteiger partial charge in [-0.3, -0.25) is 4.68 Å². The first kappa shape index (κ1) is 22.1. The summed E-state index contributed by atoms with van der Waals surface area (Å²) >= 11 is 1.66. The molecule has 31 heavy (non-hydrogen) atoms. The van der Waals surface area contributed by atoms with Gasteiger partial charge in [0, 0.05) is 12.2 Å². The molecule has 0 amide bonds. The molecular weight excluding hydrogens is 408 g/mol. The van der Waals surface area contributed by atoms with Crippen LogP contribution >= 0.6 is 11.8 Å². The number of aromatic nitrogens is 4. The number of anilines is 3. The minimum Gasteiger partial charge on any atom is -0.376 e. The number of hydrogen-bond acceptors (Lipinski definition) is 7. The van der Waals surface area contributed by atoms with Gasteiger partial charge in [0.25, 0.3) is 0 Å². The Hall–Kier alpha value is -2.06. The third kappa shape index (κ3) is 4.90. The van der Waals surface area contributed by atoms with Crippen LogP contribution in [0.25, 0.3) is 5.57 Å². The first-order valence-corrected chi connectivity index (χ1v) is 12.5.